The van der Waals surface area contributed by atoms with E-state index in [4.69, 9.17) is 0 Å². The van der Waals surface area contributed by atoms with Crippen LogP contribution in [0.4, 0.5) is 11.4 Å². The summed E-state index contributed by atoms with van der Waals surface area (Å²) in [4.78, 5) is 22.4. The van der Waals surface area contributed by atoms with Gasteiger partial charge in [0.15, 0.2) is 0 Å². The van der Waals surface area contributed by atoms with Crippen molar-refractivity contribution in [2.24, 2.45) is 0 Å². The summed E-state index contributed by atoms with van der Waals surface area (Å²) in [6.07, 6.45) is 0. The molecule has 0 spiro atoms. The number of likely N-dealkylation sites (N-methyl/N-ethyl adjacent to an activating group) is 1. The summed E-state index contributed by atoms with van der Waals surface area (Å²) in [5.41, 5.74) is 1.35. The van der Waals surface area contributed by atoms with Crippen LogP contribution in [-0.4, -0.2) is 17.9 Å². The van der Waals surface area contributed by atoms with Crippen LogP contribution in [0.5, 0.6) is 0 Å². The lowest BCUT2D eigenvalue weighted by molar-refractivity contribution is -0.384. The van der Waals surface area contributed by atoms with Crippen molar-refractivity contribution in [1.29, 1.82) is 0 Å². The Morgan fingerprint density at radius 2 is 1.71 bits per heavy atom. The number of rotatable bonds is 5. The Labute approximate surface area is 121 Å². The van der Waals surface area contributed by atoms with E-state index >= 15 is 0 Å². The van der Waals surface area contributed by atoms with Crippen molar-refractivity contribution >= 4 is 17.3 Å². The first kappa shape index (κ1) is 14.7. The Morgan fingerprint density at radius 1 is 1.10 bits per heavy atom. The quantitative estimate of drug-likeness (QED) is 0.653. The van der Waals surface area contributed by atoms with Gasteiger partial charge in [0.25, 0.3) is 5.69 Å². The fourth-order valence-corrected chi connectivity index (χ4v) is 1.98. The molecule has 0 saturated carbocycles. The van der Waals surface area contributed by atoms with E-state index in [0.29, 0.717) is 5.69 Å². The zero-order chi connectivity index (χ0) is 15.2. The third-order valence-corrected chi connectivity index (χ3v) is 3.03. The zero-order valence-corrected chi connectivity index (χ0v) is 11.4. The molecule has 2 aromatic rings. The minimum absolute atomic E-state index is 0.0128. The monoisotopic (exact) mass is 285 g/mol. The highest BCUT2D eigenvalue weighted by Crippen LogP contribution is 2.18. The van der Waals surface area contributed by atoms with Gasteiger partial charge in [-0.15, -0.1) is 0 Å². The summed E-state index contributed by atoms with van der Waals surface area (Å²) >= 11 is 0. The Morgan fingerprint density at radius 3 is 2.24 bits per heavy atom. The predicted octanol–water partition coefficient (Wildman–Crippen LogP) is 2.49. The van der Waals surface area contributed by atoms with E-state index in [9.17, 15) is 14.9 Å². The number of nitro groups is 1. The summed E-state index contributed by atoms with van der Waals surface area (Å²) in [5, 5.41) is 16.3. The predicted molar refractivity (Wildman–Crippen MR) is 80.0 cm³/mol. The van der Waals surface area contributed by atoms with Crippen molar-refractivity contribution in [3.8, 4) is 0 Å². The van der Waals surface area contributed by atoms with Gasteiger partial charge in [0.1, 0.15) is 6.04 Å². The highest BCUT2D eigenvalue weighted by atomic mass is 16.6. The molecule has 0 aliphatic rings. The minimum atomic E-state index is -0.485. The smallest absolute Gasteiger partial charge is 0.269 e. The molecule has 0 radical (unpaired) electrons. The first-order valence-corrected chi connectivity index (χ1v) is 6.39. The topological polar surface area (TPSA) is 84.3 Å². The molecule has 0 saturated heterocycles. The molecule has 2 N–H and O–H groups in total. The zero-order valence-electron chi connectivity index (χ0n) is 11.4. The van der Waals surface area contributed by atoms with Crippen LogP contribution < -0.4 is 10.6 Å². The Bertz CT molecular complexity index is 626. The maximum Gasteiger partial charge on any atom is 0.269 e. The van der Waals surface area contributed by atoms with Gasteiger partial charge in [-0.25, -0.2) is 0 Å². The van der Waals surface area contributed by atoms with Crippen molar-refractivity contribution in [3.63, 3.8) is 0 Å². The van der Waals surface area contributed by atoms with Crippen LogP contribution in [0, 0.1) is 10.1 Å². The van der Waals surface area contributed by atoms with Crippen LogP contribution >= 0.6 is 0 Å². The number of amides is 1. The third-order valence-electron chi connectivity index (χ3n) is 3.03. The van der Waals surface area contributed by atoms with Crippen LogP contribution in [0.1, 0.15) is 11.6 Å². The Balaban J connectivity index is 2.11. The van der Waals surface area contributed by atoms with E-state index in [2.05, 4.69) is 10.6 Å². The molecule has 6 nitrogen and oxygen atoms in total. The third kappa shape index (κ3) is 3.64. The minimum Gasteiger partial charge on any atom is -0.324 e. The molecule has 1 unspecified atom stereocenters. The second-order valence-electron chi connectivity index (χ2n) is 4.43. The maximum absolute atomic E-state index is 12.3. The number of nitro benzene ring substituents is 1. The molecule has 6 heteroatoms. The van der Waals surface area contributed by atoms with Crippen molar-refractivity contribution < 1.29 is 9.72 Å². The molecule has 108 valence electrons. The molecule has 0 bridgehead atoms. The SMILES string of the molecule is CNC(C(=O)Nc1ccc([N+](=O)[O-])cc1)c1ccccc1. The highest BCUT2D eigenvalue weighted by Gasteiger charge is 2.18. The van der Waals surface area contributed by atoms with Crippen LogP contribution in [0.25, 0.3) is 0 Å². The van der Waals surface area contributed by atoms with Crippen LogP contribution in [0.2, 0.25) is 0 Å². The lowest BCUT2D eigenvalue weighted by Gasteiger charge is -2.16. The highest BCUT2D eigenvalue weighted by molar-refractivity contribution is 5.95. The largest absolute Gasteiger partial charge is 0.324 e. The molecule has 0 aliphatic heterocycles. The first-order chi connectivity index (χ1) is 10.1. The van der Waals surface area contributed by atoms with Gasteiger partial charge in [-0.05, 0) is 24.7 Å². The number of hydrogen-bond donors (Lipinski definition) is 2. The summed E-state index contributed by atoms with van der Waals surface area (Å²) in [6, 6.07) is 14.6. The second kappa shape index (κ2) is 6.62. The lowest BCUT2D eigenvalue weighted by atomic mass is 10.1. The fraction of sp³-hybridized carbons (Fsp3) is 0.133. The number of carbonyl (C=O) groups is 1. The molecule has 21 heavy (non-hydrogen) atoms. The second-order valence-corrected chi connectivity index (χ2v) is 4.43. The van der Waals surface area contributed by atoms with Gasteiger partial charge in [-0.1, -0.05) is 30.3 Å². The maximum atomic E-state index is 12.3. The summed E-state index contributed by atoms with van der Waals surface area (Å²) < 4.78 is 0. The van der Waals surface area contributed by atoms with Gasteiger partial charge >= 0.3 is 0 Å². The average molecular weight is 285 g/mol. The number of carbonyl (C=O) groups excluding carboxylic acids is 1. The molecule has 0 aromatic heterocycles. The molecule has 0 aliphatic carbocycles. The van der Waals surface area contributed by atoms with Crippen molar-refractivity contribution in [1.82, 2.24) is 5.32 Å². The lowest BCUT2D eigenvalue weighted by Crippen LogP contribution is -2.30. The van der Waals surface area contributed by atoms with E-state index in [1.54, 1.807) is 7.05 Å². The standard InChI is InChI=1S/C15H15N3O3/c1-16-14(11-5-3-2-4-6-11)15(19)17-12-7-9-13(10-8-12)18(20)21/h2-10,14,16H,1H3,(H,17,19). The number of non-ortho nitro benzene ring substituents is 1. The van der Waals surface area contributed by atoms with Gasteiger partial charge in [0.2, 0.25) is 5.91 Å². The van der Waals surface area contributed by atoms with Gasteiger partial charge < -0.3 is 10.6 Å². The number of nitrogens with one attached hydrogen (secondary N) is 2. The number of nitrogens with zero attached hydrogens (tertiary/aromatic N) is 1. The summed E-state index contributed by atoms with van der Waals surface area (Å²) in [6.45, 7) is 0. The van der Waals surface area contributed by atoms with Crippen LogP contribution in [0.15, 0.2) is 54.6 Å². The van der Waals surface area contributed by atoms with E-state index in [0.717, 1.165) is 5.56 Å². The van der Waals surface area contributed by atoms with E-state index in [1.165, 1.54) is 24.3 Å². The molecule has 0 fully saturated rings. The van der Waals surface area contributed by atoms with Gasteiger partial charge in [0.05, 0.1) is 4.92 Å². The average Bonchev–Trinajstić information content (AvgIpc) is 2.49. The van der Waals surface area contributed by atoms with E-state index < -0.39 is 11.0 Å². The first-order valence-electron chi connectivity index (χ1n) is 6.39. The molecule has 0 heterocycles. The van der Waals surface area contributed by atoms with Crippen molar-refractivity contribution in [3.05, 3.63) is 70.3 Å². The van der Waals surface area contributed by atoms with Crippen LogP contribution in [0.3, 0.4) is 0 Å². The summed E-state index contributed by atoms with van der Waals surface area (Å²) in [7, 11) is 1.70. The number of anilines is 1. The van der Waals surface area contributed by atoms with E-state index in [-0.39, 0.29) is 11.6 Å². The summed E-state index contributed by atoms with van der Waals surface area (Å²) in [5.74, 6) is -0.224. The molecule has 2 aromatic carbocycles. The fourth-order valence-electron chi connectivity index (χ4n) is 1.98. The molecular formula is C15H15N3O3. The van der Waals surface area contributed by atoms with Gasteiger partial charge in [0, 0.05) is 17.8 Å². The van der Waals surface area contributed by atoms with Crippen molar-refractivity contribution in [2.75, 3.05) is 12.4 Å². The molecule has 1 atom stereocenters. The number of benzene rings is 2. The van der Waals surface area contributed by atoms with Crippen LogP contribution in [-0.2, 0) is 4.79 Å². The van der Waals surface area contributed by atoms with E-state index in [1.807, 2.05) is 30.3 Å². The molecule has 2 rings (SSSR count). The normalized spacial score (nSPS) is 11.7. The Kier molecular flexibility index (Phi) is 4.63. The van der Waals surface area contributed by atoms with Crippen molar-refractivity contribution in [2.45, 2.75) is 6.04 Å². The van der Waals surface area contributed by atoms with Gasteiger partial charge in [-0.2, -0.15) is 0 Å². The Hall–Kier alpha value is -2.73. The van der Waals surface area contributed by atoms with Gasteiger partial charge in [-0.3, -0.25) is 14.9 Å². The molecular weight excluding hydrogens is 270 g/mol. The number of hydrogen-bond acceptors (Lipinski definition) is 4. The molecule has 1 amide bonds.